The average Bonchev–Trinajstić information content (AvgIpc) is 2.20. The lowest BCUT2D eigenvalue weighted by Gasteiger charge is -2.07. The number of Topliss-reactive ketones (excluding diaryl/α,β-unsaturated/α-hetero) is 1. The van der Waals surface area contributed by atoms with Gasteiger partial charge in [-0.15, -0.1) is 0 Å². The van der Waals surface area contributed by atoms with Crippen LogP contribution in [-0.4, -0.2) is 16.2 Å². The van der Waals surface area contributed by atoms with E-state index in [1.807, 2.05) is 6.92 Å². The third kappa shape index (κ3) is 2.35. The Morgan fingerprint density at radius 2 is 2.21 bits per heavy atom. The first-order valence-corrected chi connectivity index (χ1v) is 5.59. The number of ketones is 1. The molecule has 0 atom stereocenters. The zero-order chi connectivity index (χ0) is 10.7. The molecule has 1 rings (SSSR count). The summed E-state index contributed by atoms with van der Waals surface area (Å²) in [6, 6.07) is 3.34. The minimum atomic E-state index is -0.147. The van der Waals surface area contributed by atoms with Gasteiger partial charge in [0.25, 0.3) is 0 Å². The highest BCUT2D eigenvalue weighted by Crippen LogP contribution is 2.22. The molecule has 0 fully saturated rings. The maximum Gasteiger partial charge on any atom is 0.173 e. The van der Waals surface area contributed by atoms with Crippen molar-refractivity contribution in [3.63, 3.8) is 0 Å². The van der Waals surface area contributed by atoms with Crippen molar-refractivity contribution in [3.8, 4) is 0 Å². The van der Waals surface area contributed by atoms with Gasteiger partial charge in [0.15, 0.2) is 5.78 Å². The Bertz CT molecular complexity index is 363. The highest BCUT2D eigenvalue weighted by molar-refractivity contribution is 9.09. The fourth-order valence-corrected chi connectivity index (χ4v) is 1.67. The molecule has 0 saturated heterocycles. The summed E-state index contributed by atoms with van der Waals surface area (Å²) in [6.07, 6.45) is 0. The summed E-state index contributed by atoms with van der Waals surface area (Å²) < 4.78 is 0. The van der Waals surface area contributed by atoms with Crippen LogP contribution in [0.5, 0.6) is 0 Å². The fourth-order valence-electron chi connectivity index (χ4n) is 1.20. The van der Waals surface area contributed by atoms with Crippen molar-refractivity contribution in [3.05, 3.63) is 33.8 Å². The second-order valence-corrected chi connectivity index (χ2v) is 3.94. The largest absolute Gasteiger partial charge is 0.392 e. The van der Waals surface area contributed by atoms with Gasteiger partial charge >= 0.3 is 0 Å². The van der Waals surface area contributed by atoms with Crippen LogP contribution in [0.1, 0.15) is 21.5 Å². The Morgan fingerprint density at radius 1 is 1.57 bits per heavy atom. The van der Waals surface area contributed by atoms with E-state index in [-0.39, 0.29) is 17.7 Å². The first kappa shape index (κ1) is 11.7. The Balaban J connectivity index is 3.27. The summed E-state index contributed by atoms with van der Waals surface area (Å²) in [5, 5.41) is 9.85. The summed E-state index contributed by atoms with van der Waals surface area (Å²) in [4.78, 5) is 11.4. The number of hydrogen-bond acceptors (Lipinski definition) is 2. The number of aliphatic hydroxyl groups is 1. The van der Waals surface area contributed by atoms with E-state index < -0.39 is 0 Å². The van der Waals surface area contributed by atoms with Gasteiger partial charge in [-0.3, -0.25) is 4.79 Å². The third-order valence-electron chi connectivity index (χ3n) is 1.98. The lowest BCUT2D eigenvalue weighted by atomic mass is 10.0. The van der Waals surface area contributed by atoms with Crippen LogP contribution >= 0.6 is 27.5 Å². The molecule has 76 valence electrons. The molecule has 0 amide bonds. The van der Waals surface area contributed by atoms with Crippen LogP contribution in [0.25, 0.3) is 0 Å². The van der Waals surface area contributed by atoms with Crippen LogP contribution in [0, 0.1) is 6.92 Å². The van der Waals surface area contributed by atoms with Gasteiger partial charge in [0, 0.05) is 10.6 Å². The van der Waals surface area contributed by atoms with Crippen LogP contribution in [0.3, 0.4) is 0 Å². The van der Waals surface area contributed by atoms with Crippen LogP contribution in [0.2, 0.25) is 5.02 Å². The predicted octanol–water partition coefficient (Wildman–Crippen LogP) is 2.72. The third-order valence-corrected chi connectivity index (χ3v) is 2.89. The van der Waals surface area contributed by atoms with E-state index in [4.69, 9.17) is 16.7 Å². The second-order valence-electron chi connectivity index (χ2n) is 2.97. The lowest BCUT2D eigenvalue weighted by Crippen LogP contribution is -2.05. The fraction of sp³-hybridized carbons (Fsp3) is 0.300. The number of rotatable bonds is 3. The van der Waals surface area contributed by atoms with E-state index in [1.165, 1.54) is 0 Å². The molecular formula is C10H10BrClO2. The van der Waals surface area contributed by atoms with Gasteiger partial charge in [-0.25, -0.2) is 0 Å². The van der Waals surface area contributed by atoms with Crippen molar-refractivity contribution in [2.24, 2.45) is 0 Å². The Kier molecular flexibility index (Phi) is 4.11. The molecule has 0 aliphatic rings. The highest BCUT2D eigenvalue weighted by atomic mass is 79.9. The van der Waals surface area contributed by atoms with Crippen molar-refractivity contribution >= 4 is 33.3 Å². The first-order chi connectivity index (χ1) is 6.60. The summed E-state index contributed by atoms with van der Waals surface area (Å²) in [5.41, 5.74) is 1.97. The smallest absolute Gasteiger partial charge is 0.173 e. The molecule has 14 heavy (non-hydrogen) atoms. The summed E-state index contributed by atoms with van der Waals surface area (Å²) in [5.74, 6) is -0.0732. The van der Waals surface area contributed by atoms with Gasteiger partial charge in [0.05, 0.1) is 11.9 Å². The van der Waals surface area contributed by atoms with Crippen LogP contribution in [-0.2, 0) is 6.61 Å². The maximum absolute atomic E-state index is 11.4. The van der Waals surface area contributed by atoms with Crippen molar-refractivity contribution in [1.29, 1.82) is 0 Å². The topological polar surface area (TPSA) is 37.3 Å². The normalized spacial score (nSPS) is 10.3. The molecule has 0 saturated carbocycles. The number of carbonyl (C=O) groups is 1. The van der Waals surface area contributed by atoms with E-state index in [0.717, 1.165) is 5.56 Å². The molecule has 0 aliphatic carbocycles. The molecule has 0 bridgehead atoms. The van der Waals surface area contributed by atoms with E-state index in [2.05, 4.69) is 15.9 Å². The Morgan fingerprint density at radius 3 is 2.71 bits per heavy atom. The van der Waals surface area contributed by atoms with E-state index in [0.29, 0.717) is 16.1 Å². The van der Waals surface area contributed by atoms with E-state index >= 15 is 0 Å². The Labute approximate surface area is 96.0 Å². The molecular weight excluding hydrogens is 267 g/mol. The molecule has 0 aromatic heterocycles. The number of benzene rings is 1. The van der Waals surface area contributed by atoms with Crippen molar-refractivity contribution in [1.82, 2.24) is 0 Å². The zero-order valence-electron chi connectivity index (χ0n) is 7.68. The maximum atomic E-state index is 11.4. The number of aryl methyl sites for hydroxylation is 1. The molecule has 1 aromatic carbocycles. The Hall–Kier alpha value is -0.380. The molecule has 4 heteroatoms. The van der Waals surface area contributed by atoms with Crippen molar-refractivity contribution < 1.29 is 9.90 Å². The summed E-state index contributed by atoms with van der Waals surface area (Å²) >= 11 is 8.98. The van der Waals surface area contributed by atoms with Crippen LogP contribution in [0.4, 0.5) is 0 Å². The van der Waals surface area contributed by atoms with Crippen LogP contribution in [0.15, 0.2) is 12.1 Å². The zero-order valence-corrected chi connectivity index (χ0v) is 10.0. The van der Waals surface area contributed by atoms with Crippen molar-refractivity contribution in [2.75, 3.05) is 5.33 Å². The van der Waals surface area contributed by atoms with Crippen LogP contribution < -0.4 is 0 Å². The first-order valence-electron chi connectivity index (χ1n) is 4.09. The number of halogens is 2. The number of hydrogen-bond donors (Lipinski definition) is 1. The van der Waals surface area contributed by atoms with E-state index in [1.54, 1.807) is 12.1 Å². The predicted molar refractivity (Wildman–Crippen MR) is 60.2 cm³/mol. The molecule has 1 N–H and O–H groups in total. The van der Waals surface area contributed by atoms with Crippen molar-refractivity contribution in [2.45, 2.75) is 13.5 Å². The van der Waals surface area contributed by atoms with Gasteiger partial charge < -0.3 is 5.11 Å². The summed E-state index contributed by atoms with van der Waals surface area (Å²) in [7, 11) is 0. The van der Waals surface area contributed by atoms with Gasteiger partial charge in [-0.2, -0.15) is 0 Å². The van der Waals surface area contributed by atoms with Gasteiger partial charge in [0.2, 0.25) is 0 Å². The minimum Gasteiger partial charge on any atom is -0.392 e. The second kappa shape index (κ2) is 4.91. The molecule has 1 aromatic rings. The number of carbonyl (C=O) groups excluding carboxylic acids is 1. The molecule has 0 aliphatic heterocycles. The summed E-state index contributed by atoms with van der Waals surface area (Å²) in [6.45, 7) is 1.69. The van der Waals surface area contributed by atoms with Gasteiger partial charge in [0.1, 0.15) is 0 Å². The molecule has 0 unspecified atom stereocenters. The molecule has 2 nitrogen and oxygen atoms in total. The number of aliphatic hydroxyl groups excluding tert-OH is 1. The van der Waals surface area contributed by atoms with Gasteiger partial charge in [-0.05, 0) is 24.1 Å². The number of alkyl halides is 1. The molecule has 0 radical (unpaired) electrons. The lowest BCUT2D eigenvalue weighted by molar-refractivity contribution is 0.102. The minimum absolute atomic E-state index is 0.0732. The molecule has 0 heterocycles. The standard InChI is InChI=1S/C10H10BrClO2/c1-6-2-7(5-13)8(3-9(6)12)10(14)4-11/h2-3,13H,4-5H2,1H3. The average molecular weight is 278 g/mol. The molecule has 0 spiro atoms. The quantitative estimate of drug-likeness (QED) is 0.681. The SMILES string of the molecule is Cc1cc(CO)c(C(=O)CBr)cc1Cl. The monoisotopic (exact) mass is 276 g/mol. The van der Waals surface area contributed by atoms with E-state index in [9.17, 15) is 4.79 Å². The highest BCUT2D eigenvalue weighted by Gasteiger charge is 2.11. The van der Waals surface area contributed by atoms with Gasteiger partial charge in [-0.1, -0.05) is 33.6 Å².